The fourth-order valence-electron chi connectivity index (χ4n) is 3.74. The Labute approximate surface area is 119 Å². The van der Waals surface area contributed by atoms with Gasteiger partial charge in [-0.15, -0.1) is 0 Å². The Hall–Kier alpha value is -0.120. The van der Waals surface area contributed by atoms with Crippen LogP contribution in [0.3, 0.4) is 0 Å². The first-order valence-corrected chi connectivity index (χ1v) is 8.36. The Kier molecular flexibility index (Phi) is 6.11. The lowest BCUT2D eigenvalue weighted by Crippen LogP contribution is -2.50. The van der Waals surface area contributed by atoms with E-state index in [9.17, 15) is 0 Å². The molecular weight excluding hydrogens is 234 g/mol. The van der Waals surface area contributed by atoms with Crippen molar-refractivity contribution in [3.8, 4) is 0 Å². The summed E-state index contributed by atoms with van der Waals surface area (Å²) in [5.41, 5.74) is 0.558. The van der Waals surface area contributed by atoms with Crippen LogP contribution in [-0.2, 0) is 0 Å². The van der Waals surface area contributed by atoms with E-state index in [0.717, 1.165) is 6.54 Å². The van der Waals surface area contributed by atoms with Crippen molar-refractivity contribution in [2.45, 2.75) is 45.4 Å². The number of rotatable bonds is 5. The van der Waals surface area contributed by atoms with Gasteiger partial charge >= 0.3 is 0 Å². The molecule has 0 unspecified atom stereocenters. The Balaban J connectivity index is 1.92. The lowest BCUT2D eigenvalue weighted by atomic mass is 9.79. The van der Waals surface area contributed by atoms with Gasteiger partial charge in [0.05, 0.1) is 0 Å². The van der Waals surface area contributed by atoms with Gasteiger partial charge in [0.15, 0.2) is 0 Å². The molecule has 1 aliphatic heterocycles. The maximum atomic E-state index is 3.65. The Morgan fingerprint density at radius 2 is 1.58 bits per heavy atom. The minimum absolute atomic E-state index is 0.558. The smallest absolute Gasteiger partial charge is 0.0110 e. The molecule has 3 nitrogen and oxygen atoms in total. The van der Waals surface area contributed by atoms with E-state index in [1.54, 1.807) is 0 Å². The molecule has 0 spiro atoms. The van der Waals surface area contributed by atoms with Crippen molar-refractivity contribution < 1.29 is 0 Å². The second-order valence-corrected chi connectivity index (χ2v) is 6.77. The van der Waals surface area contributed by atoms with Gasteiger partial charge < -0.3 is 15.1 Å². The molecule has 112 valence electrons. The predicted octanol–water partition coefficient (Wildman–Crippen LogP) is 2.18. The van der Waals surface area contributed by atoms with E-state index in [-0.39, 0.29) is 0 Å². The van der Waals surface area contributed by atoms with Crippen molar-refractivity contribution in [3.63, 3.8) is 0 Å². The van der Waals surface area contributed by atoms with Crippen LogP contribution >= 0.6 is 0 Å². The van der Waals surface area contributed by atoms with E-state index in [1.807, 2.05) is 0 Å². The van der Waals surface area contributed by atoms with Gasteiger partial charge in [-0.2, -0.15) is 0 Å². The highest BCUT2D eigenvalue weighted by Gasteiger charge is 2.33. The molecule has 0 bridgehead atoms. The van der Waals surface area contributed by atoms with E-state index in [2.05, 4.69) is 29.1 Å². The van der Waals surface area contributed by atoms with Crippen LogP contribution in [0.4, 0.5) is 0 Å². The Bertz CT molecular complexity index is 238. The van der Waals surface area contributed by atoms with Crippen molar-refractivity contribution in [1.29, 1.82) is 0 Å². The second kappa shape index (κ2) is 7.61. The van der Waals surface area contributed by atoms with Gasteiger partial charge in [0.2, 0.25) is 0 Å². The third-order valence-corrected chi connectivity index (χ3v) is 5.07. The lowest BCUT2D eigenvalue weighted by Gasteiger charge is -2.41. The van der Waals surface area contributed by atoms with Crippen molar-refractivity contribution in [2.24, 2.45) is 5.41 Å². The number of nitrogens with one attached hydrogen (secondary N) is 1. The highest BCUT2D eigenvalue weighted by Crippen LogP contribution is 2.35. The number of hydrogen-bond acceptors (Lipinski definition) is 3. The van der Waals surface area contributed by atoms with E-state index in [1.165, 1.54) is 77.8 Å². The molecule has 1 saturated carbocycles. The molecule has 0 aromatic heterocycles. The van der Waals surface area contributed by atoms with Crippen LogP contribution in [0.25, 0.3) is 0 Å². The zero-order chi connectivity index (χ0) is 13.6. The average molecular weight is 267 g/mol. The van der Waals surface area contributed by atoms with Crippen LogP contribution in [-0.4, -0.2) is 62.7 Å². The standard InChI is InChI=1S/C16H33N3/c1-3-17-14-16(8-6-4-5-7-9-16)15-19-12-10-18(2)11-13-19/h17H,3-15H2,1-2H3. The monoisotopic (exact) mass is 267 g/mol. The molecule has 0 atom stereocenters. The van der Waals surface area contributed by atoms with Gasteiger partial charge in [0, 0.05) is 39.3 Å². The topological polar surface area (TPSA) is 18.5 Å². The number of nitrogens with zero attached hydrogens (tertiary/aromatic N) is 2. The van der Waals surface area contributed by atoms with Gasteiger partial charge in [-0.25, -0.2) is 0 Å². The molecule has 0 aromatic carbocycles. The molecule has 2 fully saturated rings. The normalized spacial score (nSPS) is 26.2. The van der Waals surface area contributed by atoms with Crippen molar-refractivity contribution in [1.82, 2.24) is 15.1 Å². The van der Waals surface area contributed by atoms with Crippen molar-refractivity contribution >= 4 is 0 Å². The summed E-state index contributed by atoms with van der Waals surface area (Å²) in [6.45, 7) is 10.9. The number of hydrogen-bond donors (Lipinski definition) is 1. The SMILES string of the molecule is CCNCC1(CN2CCN(C)CC2)CCCCCC1. The average Bonchev–Trinajstić information content (AvgIpc) is 2.65. The molecule has 1 heterocycles. The molecule has 1 aliphatic carbocycles. The second-order valence-electron chi connectivity index (χ2n) is 6.77. The van der Waals surface area contributed by atoms with Gasteiger partial charge in [0.25, 0.3) is 0 Å². The van der Waals surface area contributed by atoms with Crippen LogP contribution in [0.2, 0.25) is 0 Å². The Morgan fingerprint density at radius 3 is 2.16 bits per heavy atom. The molecule has 1 N–H and O–H groups in total. The molecule has 3 heteroatoms. The van der Waals surface area contributed by atoms with Gasteiger partial charge in [-0.05, 0) is 31.8 Å². The molecule has 0 amide bonds. The molecule has 1 saturated heterocycles. The first kappa shape index (κ1) is 15.3. The number of piperazine rings is 1. The summed E-state index contributed by atoms with van der Waals surface area (Å²) in [6.07, 6.45) is 8.67. The van der Waals surface area contributed by atoms with Crippen LogP contribution in [0.5, 0.6) is 0 Å². The minimum Gasteiger partial charge on any atom is -0.316 e. The largest absolute Gasteiger partial charge is 0.316 e. The first-order chi connectivity index (χ1) is 9.24. The fourth-order valence-corrected chi connectivity index (χ4v) is 3.74. The van der Waals surface area contributed by atoms with Crippen molar-refractivity contribution in [3.05, 3.63) is 0 Å². The highest BCUT2D eigenvalue weighted by molar-refractivity contribution is 4.88. The van der Waals surface area contributed by atoms with E-state index in [4.69, 9.17) is 0 Å². The van der Waals surface area contributed by atoms with Crippen molar-refractivity contribution in [2.75, 3.05) is 52.9 Å². The molecule has 0 aromatic rings. The third-order valence-electron chi connectivity index (χ3n) is 5.07. The summed E-state index contributed by atoms with van der Waals surface area (Å²) in [5, 5.41) is 3.65. The zero-order valence-electron chi connectivity index (χ0n) is 13.1. The fraction of sp³-hybridized carbons (Fsp3) is 1.00. The quantitative estimate of drug-likeness (QED) is 0.770. The van der Waals surface area contributed by atoms with Crippen LogP contribution in [0.1, 0.15) is 45.4 Å². The van der Waals surface area contributed by atoms with E-state index < -0.39 is 0 Å². The summed E-state index contributed by atoms with van der Waals surface area (Å²) in [4.78, 5) is 5.18. The Morgan fingerprint density at radius 1 is 0.947 bits per heavy atom. The molecule has 0 radical (unpaired) electrons. The van der Waals surface area contributed by atoms with E-state index in [0.29, 0.717) is 5.41 Å². The summed E-state index contributed by atoms with van der Waals surface area (Å²) in [5.74, 6) is 0. The summed E-state index contributed by atoms with van der Waals surface area (Å²) >= 11 is 0. The lowest BCUT2D eigenvalue weighted by molar-refractivity contribution is 0.0843. The van der Waals surface area contributed by atoms with Gasteiger partial charge in [0.1, 0.15) is 0 Å². The minimum atomic E-state index is 0.558. The molecule has 2 aliphatic rings. The van der Waals surface area contributed by atoms with Crippen LogP contribution < -0.4 is 5.32 Å². The highest BCUT2D eigenvalue weighted by atomic mass is 15.2. The predicted molar refractivity (Wildman–Crippen MR) is 82.6 cm³/mol. The van der Waals surface area contributed by atoms with Gasteiger partial charge in [-0.3, -0.25) is 0 Å². The molecular formula is C16H33N3. The van der Waals surface area contributed by atoms with Crippen LogP contribution in [0.15, 0.2) is 0 Å². The van der Waals surface area contributed by atoms with Gasteiger partial charge in [-0.1, -0.05) is 32.6 Å². The summed E-state index contributed by atoms with van der Waals surface area (Å²) < 4.78 is 0. The van der Waals surface area contributed by atoms with Crippen LogP contribution in [0, 0.1) is 5.41 Å². The zero-order valence-corrected chi connectivity index (χ0v) is 13.1. The number of likely N-dealkylation sites (N-methyl/N-ethyl adjacent to an activating group) is 1. The summed E-state index contributed by atoms with van der Waals surface area (Å²) in [6, 6.07) is 0. The molecule has 2 rings (SSSR count). The third kappa shape index (κ3) is 4.73. The van der Waals surface area contributed by atoms with E-state index >= 15 is 0 Å². The maximum absolute atomic E-state index is 3.65. The summed E-state index contributed by atoms with van der Waals surface area (Å²) in [7, 11) is 2.25. The maximum Gasteiger partial charge on any atom is 0.0110 e. The molecule has 19 heavy (non-hydrogen) atoms. The first-order valence-electron chi connectivity index (χ1n) is 8.36.